The van der Waals surface area contributed by atoms with Gasteiger partial charge in [0.1, 0.15) is 16.7 Å². The summed E-state index contributed by atoms with van der Waals surface area (Å²) in [7, 11) is 0. The van der Waals surface area contributed by atoms with E-state index in [4.69, 9.17) is 8.83 Å². The van der Waals surface area contributed by atoms with Crippen molar-refractivity contribution in [3.63, 3.8) is 0 Å². The van der Waals surface area contributed by atoms with Crippen molar-refractivity contribution < 1.29 is 8.83 Å². The maximum Gasteiger partial charge on any atom is 0.159 e. The molecule has 268 valence electrons. The zero-order valence-corrected chi connectivity index (χ0v) is 31.0. The Bertz CT molecular complexity index is 3210. The van der Waals surface area contributed by atoms with Crippen molar-refractivity contribution in [2.45, 2.75) is 0 Å². The lowest BCUT2D eigenvalue weighted by Gasteiger charge is -2.27. The molecular formula is C54H35NO2. The first-order chi connectivity index (χ1) is 28.2. The van der Waals surface area contributed by atoms with Gasteiger partial charge in [-0.15, -0.1) is 0 Å². The van der Waals surface area contributed by atoms with Crippen molar-refractivity contribution in [1.82, 2.24) is 0 Å². The van der Waals surface area contributed by atoms with Crippen LogP contribution in [0.4, 0.5) is 17.1 Å². The van der Waals surface area contributed by atoms with Crippen molar-refractivity contribution in [3.8, 4) is 44.5 Å². The summed E-state index contributed by atoms with van der Waals surface area (Å²) in [6.45, 7) is 0. The molecule has 3 nitrogen and oxygen atoms in total. The Balaban J connectivity index is 1.11. The molecule has 0 bridgehead atoms. The minimum absolute atomic E-state index is 0.838. The standard InChI is InChI=1S/C54H35NO2/c1-3-13-36(14-4-1)38-25-27-39(28-26-38)40-29-31-43(32-30-40)55(50-22-12-21-49-47-18-8-10-24-52(47)57-54(49)50)44-34-41(37-15-5-2-6-16-37)33-42(35-44)45-19-11-20-48-46-17-7-9-23-51(46)56-53(45)48/h1-35H. The number of benzene rings is 9. The number of hydrogen-bond donors (Lipinski definition) is 0. The minimum atomic E-state index is 0.838. The highest BCUT2D eigenvalue weighted by atomic mass is 16.3. The van der Waals surface area contributed by atoms with Crippen molar-refractivity contribution >= 4 is 60.9 Å². The molecule has 0 unspecified atom stereocenters. The van der Waals surface area contributed by atoms with E-state index < -0.39 is 0 Å². The second kappa shape index (κ2) is 13.6. The number of nitrogens with zero attached hydrogens (tertiary/aromatic N) is 1. The monoisotopic (exact) mass is 729 g/mol. The van der Waals surface area contributed by atoms with Crippen LogP contribution < -0.4 is 4.90 Å². The highest BCUT2D eigenvalue weighted by Crippen LogP contribution is 2.46. The number of para-hydroxylation sites is 4. The summed E-state index contributed by atoms with van der Waals surface area (Å²) in [4.78, 5) is 2.34. The van der Waals surface area contributed by atoms with Crippen molar-refractivity contribution in [2.24, 2.45) is 0 Å². The summed E-state index contributed by atoms with van der Waals surface area (Å²) in [5.74, 6) is 0. The van der Waals surface area contributed by atoms with Gasteiger partial charge in [-0.25, -0.2) is 0 Å². The highest BCUT2D eigenvalue weighted by molar-refractivity contribution is 6.12. The van der Waals surface area contributed by atoms with E-state index in [0.29, 0.717) is 0 Å². The molecule has 0 aliphatic heterocycles. The Morgan fingerprint density at radius 3 is 1.37 bits per heavy atom. The minimum Gasteiger partial charge on any atom is -0.455 e. The van der Waals surface area contributed by atoms with Crippen LogP contribution in [0.25, 0.3) is 88.4 Å². The van der Waals surface area contributed by atoms with Crippen molar-refractivity contribution in [2.75, 3.05) is 4.90 Å². The maximum atomic E-state index is 6.71. The Hall–Kier alpha value is -7.62. The number of fused-ring (bicyclic) bond motifs is 6. The fourth-order valence-electron chi connectivity index (χ4n) is 8.29. The molecule has 11 aromatic rings. The topological polar surface area (TPSA) is 29.5 Å². The smallest absolute Gasteiger partial charge is 0.159 e. The average Bonchev–Trinajstić information content (AvgIpc) is 3.87. The van der Waals surface area contributed by atoms with Gasteiger partial charge in [-0.05, 0) is 87.5 Å². The average molecular weight is 730 g/mol. The van der Waals surface area contributed by atoms with Gasteiger partial charge < -0.3 is 13.7 Å². The molecule has 0 radical (unpaired) electrons. The van der Waals surface area contributed by atoms with Crippen LogP contribution in [0, 0.1) is 0 Å². The lowest BCUT2D eigenvalue weighted by Crippen LogP contribution is -2.10. The lowest BCUT2D eigenvalue weighted by atomic mass is 9.96. The van der Waals surface area contributed by atoms with E-state index in [1.54, 1.807) is 0 Å². The normalized spacial score (nSPS) is 11.5. The lowest BCUT2D eigenvalue weighted by molar-refractivity contribution is 0.669. The fourth-order valence-corrected chi connectivity index (χ4v) is 8.29. The van der Waals surface area contributed by atoms with Crippen molar-refractivity contribution in [3.05, 3.63) is 212 Å². The van der Waals surface area contributed by atoms with Crippen LogP contribution in [-0.4, -0.2) is 0 Å². The van der Waals surface area contributed by atoms with Gasteiger partial charge in [0.25, 0.3) is 0 Å². The molecule has 0 saturated carbocycles. The predicted molar refractivity (Wildman–Crippen MR) is 237 cm³/mol. The van der Waals surface area contributed by atoms with Gasteiger partial charge in [0.15, 0.2) is 5.58 Å². The van der Waals surface area contributed by atoms with E-state index in [1.807, 2.05) is 24.3 Å². The second-order valence-electron chi connectivity index (χ2n) is 14.5. The molecule has 2 aromatic heterocycles. The second-order valence-corrected chi connectivity index (χ2v) is 14.5. The van der Waals surface area contributed by atoms with Gasteiger partial charge in [0, 0.05) is 38.5 Å². The van der Waals surface area contributed by atoms with Crippen LogP contribution in [0.2, 0.25) is 0 Å². The molecule has 9 aromatic carbocycles. The van der Waals surface area contributed by atoms with E-state index in [9.17, 15) is 0 Å². The van der Waals surface area contributed by atoms with E-state index in [2.05, 4.69) is 193 Å². The van der Waals surface area contributed by atoms with Crippen LogP contribution in [0.15, 0.2) is 221 Å². The highest BCUT2D eigenvalue weighted by Gasteiger charge is 2.22. The molecule has 11 rings (SSSR count). The quantitative estimate of drug-likeness (QED) is 0.164. The Labute approximate surface area is 330 Å². The van der Waals surface area contributed by atoms with E-state index in [0.717, 1.165) is 88.8 Å². The summed E-state index contributed by atoms with van der Waals surface area (Å²) in [5, 5.41) is 4.39. The van der Waals surface area contributed by atoms with Gasteiger partial charge in [-0.2, -0.15) is 0 Å². The molecule has 0 N–H and O–H groups in total. The first kappa shape index (κ1) is 32.8. The number of furan rings is 2. The zero-order valence-electron chi connectivity index (χ0n) is 31.0. The molecule has 0 aliphatic carbocycles. The van der Waals surface area contributed by atoms with Gasteiger partial charge in [-0.1, -0.05) is 164 Å². The van der Waals surface area contributed by atoms with E-state index in [1.165, 1.54) is 16.7 Å². The summed E-state index contributed by atoms with van der Waals surface area (Å²) >= 11 is 0. The molecule has 0 spiro atoms. The molecule has 57 heavy (non-hydrogen) atoms. The molecule has 3 heteroatoms. The van der Waals surface area contributed by atoms with Crippen LogP contribution in [0.3, 0.4) is 0 Å². The molecule has 0 saturated heterocycles. The van der Waals surface area contributed by atoms with E-state index in [-0.39, 0.29) is 0 Å². The largest absolute Gasteiger partial charge is 0.455 e. The summed E-state index contributed by atoms with van der Waals surface area (Å²) in [6, 6.07) is 75.1. The molecule has 0 aliphatic rings. The SMILES string of the molecule is c1ccc(-c2ccc(-c3ccc(N(c4cc(-c5ccccc5)cc(-c5cccc6c5oc5ccccc56)c4)c4cccc5c4oc4ccccc45)cc3)cc2)cc1. The van der Waals surface area contributed by atoms with Gasteiger partial charge in [0.2, 0.25) is 0 Å². The van der Waals surface area contributed by atoms with Crippen LogP contribution in [-0.2, 0) is 0 Å². The van der Waals surface area contributed by atoms with Crippen molar-refractivity contribution in [1.29, 1.82) is 0 Å². The molecule has 0 amide bonds. The first-order valence-electron chi connectivity index (χ1n) is 19.3. The number of rotatable bonds is 7. The predicted octanol–water partition coefficient (Wildman–Crippen LogP) is 15.6. The molecular weight excluding hydrogens is 695 g/mol. The number of anilines is 3. The molecule has 0 fully saturated rings. The third-order valence-corrected chi connectivity index (χ3v) is 11.1. The number of hydrogen-bond acceptors (Lipinski definition) is 3. The van der Waals surface area contributed by atoms with Crippen LogP contribution in [0.5, 0.6) is 0 Å². The Morgan fingerprint density at radius 1 is 0.281 bits per heavy atom. The van der Waals surface area contributed by atoms with Gasteiger partial charge >= 0.3 is 0 Å². The maximum absolute atomic E-state index is 6.71. The van der Waals surface area contributed by atoms with Gasteiger partial charge in [-0.3, -0.25) is 0 Å². The Morgan fingerprint density at radius 2 is 0.737 bits per heavy atom. The molecule has 0 atom stereocenters. The third kappa shape index (κ3) is 5.76. The summed E-state index contributed by atoms with van der Waals surface area (Å²) < 4.78 is 13.3. The third-order valence-electron chi connectivity index (χ3n) is 11.1. The van der Waals surface area contributed by atoms with Crippen LogP contribution >= 0.6 is 0 Å². The van der Waals surface area contributed by atoms with Gasteiger partial charge in [0.05, 0.1) is 5.69 Å². The fraction of sp³-hybridized carbons (Fsp3) is 0. The van der Waals surface area contributed by atoms with Crippen LogP contribution in [0.1, 0.15) is 0 Å². The Kier molecular flexibility index (Phi) is 7.82. The van der Waals surface area contributed by atoms with E-state index >= 15 is 0 Å². The summed E-state index contributed by atoms with van der Waals surface area (Å²) in [6.07, 6.45) is 0. The molecule has 2 heterocycles. The summed E-state index contributed by atoms with van der Waals surface area (Å²) in [5.41, 5.74) is 15.5. The first-order valence-corrected chi connectivity index (χ1v) is 19.3. The zero-order chi connectivity index (χ0) is 37.7.